The van der Waals surface area contributed by atoms with Crippen LogP contribution in [0.3, 0.4) is 0 Å². The number of rotatable bonds is 6. The summed E-state index contributed by atoms with van der Waals surface area (Å²) in [7, 11) is 1.84. The number of carboxylic acids is 1. The molecule has 5 nitrogen and oxygen atoms in total. The lowest BCUT2D eigenvalue weighted by Gasteiger charge is -2.21. The number of carbonyl (C=O) groups excluding carboxylic acids is 1. The molecule has 0 aliphatic heterocycles. The fraction of sp³-hybridized carbons (Fsp3) is 0.600. The summed E-state index contributed by atoms with van der Waals surface area (Å²) >= 11 is 1.60. The van der Waals surface area contributed by atoms with Crippen molar-refractivity contribution in [1.29, 1.82) is 0 Å². The molecule has 1 unspecified atom stereocenters. The number of aliphatic carboxylic acids is 1. The van der Waals surface area contributed by atoms with Gasteiger partial charge < -0.3 is 14.7 Å². The van der Waals surface area contributed by atoms with Gasteiger partial charge in [-0.1, -0.05) is 6.92 Å². The number of carboxylic acid groups (broad SMARTS) is 1. The second-order valence-corrected chi connectivity index (χ2v) is 6.46. The molecule has 0 saturated heterocycles. The van der Waals surface area contributed by atoms with E-state index in [1.54, 1.807) is 25.2 Å². The molecule has 21 heavy (non-hydrogen) atoms. The van der Waals surface area contributed by atoms with Crippen molar-refractivity contribution < 1.29 is 19.4 Å². The van der Waals surface area contributed by atoms with E-state index < -0.39 is 11.9 Å². The highest BCUT2D eigenvalue weighted by molar-refractivity contribution is 7.16. The van der Waals surface area contributed by atoms with Gasteiger partial charge in [-0.05, 0) is 31.7 Å². The second-order valence-electron chi connectivity index (χ2n) is 5.38. The third-order valence-electron chi connectivity index (χ3n) is 3.70. The molecule has 0 bridgehead atoms. The Morgan fingerprint density at radius 1 is 1.43 bits per heavy atom. The highest BCUT2D eigenvalue weighted by Gasteiger charge is 2.29. The highest BCUT2D eigenvalue weighted by atomic mass is 32.1. The van der Waals surface area contributed by atoms with Crippen molar-refractivity contribution in [2.75, 3.05) is 25.1 Å². The lowest BCUT2D eigenvalue weighted by molar-refractivity contribution is -0.140. The molecule has 1 atom stereocenters. The van der Waals surface area contributed by atoms with Gasteiger partial charge in [-0.25, -0.2) is 4.79 Å². The zero-order chi connectivity index (χ0) is 15.6. The molecule has 1 aromatic rings. The van der Waals surface area contributed by atoms with Crippen LogP contribution < -0.4 is 4.90 Å². The summed E-state index contributed by atoms with van der Waals surface area (Å²) in [6, 6.07) is 0. The molecule has 1 heterocycles. The van der Waals surface area contributed by atoms with Crippen molar-refractivity contribution in [2.24, 2.45) is 5.92 Å². The molecule has 0 spiro atoms. The van der Waals surface area contributed by atoms with E-state index in [4.69, 9.17) is 9.84 Å². The molecular weight excluding hydrogens is 290 g/mol. The number of hydrogen-bond acceptors (Lipinski definition) is 5. The Labute approximate surface area is 128 Å². The second kappa shape index (κ2) is 6.47. The first kappa shape index (κ1) is 15.8. The first-order chi connectivity index (χ1) is 9.95. The van der Waals surface area contributed by atoms with Crippen molar-refractivity contribution in [3.05, 3.63) is 16.0 Å². The molecular formula is C15H21NO4S. The van der Waals surface area contributed by atoms with Crippen LogP contribution in [0.2, 0.25) is 0 Å². The van der Waals surface area contributed by atoms with Gasteiger partial charge >= 0.3 is 11.9 Å². The van der Waals surface area contributed by atoms with E-state index in [1.165, 1.54) is 4.88 Å². The number of aryl methyl sites for hydroxylation is 1. The summed E-state index contributed by atoms with van der Waals surface area (Å²) in [5, 5.41) is 9.88. The number of carbonyl (C=O) groups is 2. The number of nitrogens with zero attached hydrogens (tertiary/aromatic N) is 1. The Kier molecular flexibility index (Phi) is 4.88. The molecule has 1 aromatic heterocycles. The van der Waals surface area contributed by atoms with Gasteiger partial charge in [-0.15, -0.1) is 11.3 Å². The zero-order valence-corrected chi connectivity index (χ0v) is 13.5. The third kappa shape index (κ3) is 3.20. The average molecular weight is 311 g/mol. The molecule has 1 aliphatic carbocycles. The molecule has 6 heteroatoms. The number of anilines is 1. The monoisotopic (exact) mass is 311 g/mol. The smallest absolute Gasteiger partial charge is 0.341 e. The van der Waals surface area contributed by atoms with Gasteiger partial charge in [-0.3, -0.25) is 4.79 Å². The fourth-order valence-electron chi connectivity index (χ4n) is 2.64. The van der Waals surface area contributed by atoms with Crippen LogP contribution in [0.4, 0.5) is 5.00 Å². The van der Waals surface area contributed by atoms with E-state index in [9.17, 15) is 9.59 Å². The van der Waals surface area contributed by atoms with Crippen LogP contribution in [0, 0.1) is 5.92 Å². The van der Waals surface area contributed by atoms with Crippen molar-refractivity contribution >= 4 is 28.3 Å². The average Bonchev–Trinajstić information content (AvgIpc) is 2.97. The van der Waals surface area contributed by atoms with Crippen molar-refractivity contribution in [3.63, 3.8) is 0 Å². The van der Waals surface area contributed by atoms with Gasteiger partial charge in [0.1, 0.15) is 5.00 Å². The number of esters is 1. The summed E-state index contributed by atoms with van der Waals surface area (Å²) in [6.45, 7) is 4.18. The Bertz CT molecular complexity index is 552. The summed E-state index contributed by atoms with van der Waals surface area (Å²) in [5.74, 6) is -1.60. The van der Waals surface area contributed by atoms with Crippen LogP contribution in [0.15, 0.2) is 0 Å². The Balaban J connectivity index is 2.30. The van der Waals surface area contributed by atoms with Crippen LogP contribution in [-0.4, -0.2) is 37.2 Å². The number of ether oxygens (including phenoxy) is 1. The van der Waals surface area contributed by atoms with Gasteiger partial charge in [0.25, 0.3) is 0 Å². The standard InChI is InChI=1S/C15H21NO4S/c1-4-20-15(19)12-10-6-5-7-11(10)21-13(12)16(3)8-9(2)14(17)18/h9H,4-8H2,1-3H3,(H,17,18). The van der Waals surface area contributed by atoms with E-state index in [-0.39, 0.29) is 5.97 Å². The number of fused-ring (bicyclic) bond motifs is 1. The molecule has 0 amide bonds. The predicted molar refractivity (Wildman–Crippen MR) is 82.4 cm³/mol. The third-order valence-corrected chi connectivity index (χ3v) is 5.10. The van der Waals surface area contributed by atoms with Gasteiger partial charge in [0.05, 0.1) is 18.1 Å². The first-order valence-corrected chi connectivity index (χ1v) is 8.02. The van der Waals surface area contributed by atoms with Gasteiger partial charge in [0.2, 0.25) is 0 Å². The molecule has 1 N–H and O–H groups in total. The SMILES string of the molecule is CCOC(=O)c1c(N(C)CC(C)C(=O)O)sc2c1CCC2. The van der Waals surface area contributed by atoms with Crippen LogP contribution >= 0.6 is 11.3 Å². The maximum atomic E-state index is 12.3. The number of hydrogen-bond donors (Lipinski definition) is 1. The molecule has 2 rings (SSSR count). The lowest BCUT2D eigenvalue weighted by atomic mass is 10.1. The Morgan fingerprint density at radius 2 is 2.14 bits per heavy atom. The van der Waals surface area contributed by atoms with Crippen molar-refractivity contribution in [2.45, 2.75) is 33.1 Å². The Hall–Kier alpha value is -1.56. The molecule has 116 valence electrons. The van der Waals surface area contributed by atoms with E-state index >= 15 is 0 Å². The van der Waals surface area contributed by atoms with Crippen molar-refractivity contribution in [1.82, 2.24) is 0 Å². The van der Waals surface area contributed by atoms with Gasteiger partial charge in [0, 0.05) is 18.5 Å². The highest BCUT2D eigenvalue weighted by Crippen LogP contribution is 2.41. The van der Waals surface area contributed by atoms with Gasteiger partial charge in [0.15, 0.2) is 0 Å². The molecule has 0 radical (unpaired) electrons. The van der Waals surface area contributed by atoms with E-state index in [1.807, 2.05) is 11.9 Å². The minimum absolute atomic E-state index is 0.290. The minimum Gasteiger partial charge on any atom is -0.481 e. The van der Waals surface area contributed by atoms with Crippen LogP contribution in [-0.2, 0) is 22.4 Å². The lowest BCUT2D eigenvalue weighted by Crippen LogP contribution is -2.29. The summed E-state index contributed by atoms with van der Waals surface area (Å²) < 4.78 is 5.18. The fourth-order valence-corrected chi connectivity index (χ4v) is 3.99. The van der Waals surface area contributed by atoms with Crippen molar-refractivity contribution in [3.8, 4) is 0 Å². The maximum Gasteiger partial charge on any atom is 0.341 e. The molecule has 0 fully saturated rings. The quantitative estimate of drug-likeness (QED) is 0.818. The van der Waals surface area contributed by atoms with Crippen LogP contribution in [0.25, 0.3) is 0 Å². The zero-order valence-electron chi connectivity index (χ0n) is 12.6. The minimum atomic E-state index is -0.830. The van der Waals surface area contributed by atoms with E-state index in [2.05, 4.69) is 0 Å². The topological polar surface area (TPSA) is 66.8 Å². The largest absolute Gasteiger partial charge is 0.481 e. The summed E-state index contributed by atoms with van der Waals surface area (Å²) in [6.07, 6.45) is 2.97. The van der Waals surface area contributed by atoms with Crippen LogP contribution in [0.1, 0.15) is 41.1 Å². The Morgan fingerprint density at radius 3 is 2.76 bits per heavy atom. The molecule has 1 aliphatic rings. The molecule has 0 aromatic carbocycles. The van der Waals surface area contributed by atoms with E-state index in [0.717, 1.165) is 29.8 Å². The van der Waals surface area contributed by atoms with E-state index in [0.29, 0.717) is 18.7 Å². The van der Waals surface area contributed by atoms with Crippen LogP contribution in [0.5, 0.6) is 0 Å². The molecule has 0 saturated carbocycles. The normalized spacial score (nSPS) is 14.6. The summed E-state index contributed by atoms with van der Waals surface area (Å²) in [5.41, 5.74) is 1.75. The first-order valence-electron chi connectivity index (χ1n) is 7.21. The predicted octanol–water partition coefficient (Wildman–Crippen LogP) is 2.57. The maximum absolute atomic E-state index is 12.3. The number of thiophene rings is 1. The summed E-state index contributed by atoms with van der Waals surface area (Å²) in [4.78, 5) is 26.4. The van der Waals surface area contributed by atoms with Gasteiger partial charge in [-0.2, -0.15) is 0 Å².